The summed E-state index contributed by atoms with van der Waals surface area (Å²) in [5.41, 5.74) is 1.96. The van der Waals surface area contributed by atoms with Crippen molar-refractivity contribution in [2.75, 3.05) is 26.2 Å². The first-order valence-electron chi connectivity index (χ1n) is 7.28. The molecule has 1 saturated heterocycles. The van der Waals surface area contributed by atoms with Crippen molar-refractivity contribution in [3.8, 4) is 0 Å². The molecule has 2 aliphatic heterocycles. The van der Waals surface area contributed by atoms with Crippen LogP contribution in [0.3, 0.4) is 0 Å². The minimum atomic E-state index is -0.0231. The summed E-state index contributed by atoms with van der Waals surface area (Å²) in [5.74, 6) is 0. The molecule has 0 amide bonds. The van der Waals surface area contributed by atoms with Crippen molar-refractivity contribution in [1.82, 2.24) is 20.5 Å². The lowest BCUT2D eigenvalue weighted by Crippen LogP contribution is -2.43. The zero-order chi connectivity index (χ0) is 13.6. The molecule has 1 aromatic heterocycles. The molecule has 3 rings (SSSR count). The van der Waals surface area contributed by atoms with Gasteiger partial charge in [-0.25, -0.2) is 0 Å². The zero-order valence-electron chi connectivity index (χ0n) is 11.6. The highest BCUT2D eigenvalue weighted by molar-refractivity contribution is 6.09. The van der Waals surface area contributed by atoms with E-state index in [1.165, 1.54) is 25.9 Å². The fourth-order valence-corrected chi connectivity index (χ4v) is 2.55. The maximum absolute atomic E-state index is 4.48. The molecule has 0 aliphatic carbocycles. The fraction of sp³-hybridized carbons (Fsp3) is 0.467. The van der Waals surface area contributed by atoms with E-state index in [1.807, 2.05) is 30.6 Å². The van der Waals surface area contributed by atoms with E-state index in [0.29, 0.717) is 0 Å². The predicted octanol–water partition coefficient (Wildman–Crippen LogP) is 1.07. The standard InChI is InChI=1S/C15H21N5/c1-2-6-16-14(5-1)13-11-18-15(19-12-13)17-7-10-20-8-3-4-9-20/h1-2,5-6,11-12,15,17-18H,3-4,7-10H2. The van der Waals surface area contributed by atoms with Gasteiger partial charge < -0.3 is 10.2 Å². The van der Waals surface area contributed by atoms with E-state index in [0.717, 1.165) is 24.4 Å². The Balaban J connectivity index is 1.44. The molecule has 1 aromatic rings. The van der Waals surface area contributed by atoms with Crippen molar-refractivity contribution in [3.05, 3.63) is 36.3 Å². The highest BCUT2D eigenvalue weighted by Gasteiger charge is 2.13. The molecule has 106 valence electrons. The summed E-state index contributed by atoms with van der Waals surface area (Å²) in [6.07, 6.45) is 8.32. The van der Waals surface area contributed by atoms with Gasteiger partial charge in [-0.3, -0.25) is 15.3 Å². The summed E-state index contributed by atoms with van der Waals surface area (Å²) in [7, 11) is 0. The molecule has 2 aliphatic rings. The first kappa shape index (κ1) is 13.3. The van der Waals surface area contributed by atoms with E-state index in [2.05, 4.69) is 25.5 Å². The Hall–Kier alpha value is -1.72. The second-order valence-corrected chi connectivity index (χ2v) is 5.16. The first-order valence-corrected chi connectivity index (χ1v) is 7.28. The molecule has 1 unspecified atom stereocenters. The lowest BCUT2D eigenvalue weighted by Gasteiger charge is -2.21. The summed E-state index contributed by atoms with van der Waals surface area (Å²) in [5, 5.41) is 6.67. The van der Waals surface area contributed by atoms with E-state index in [-0.39, 0.29) is 6.29 Å². The molecule has 1 atom stereocenters. The maximum Gasteiger partial charge on any atom is 0.173 e. The minimum Gasteiger partial charge on any atom is -0.357 e. The van der Waals surface area contributed by atoms with Crippen molar-refractivity contribution < 1.29 is 0 Å². The number of hydrogen-bond acceptors (Lipinski definition) is 5. The van der Waals surface area contributed by atoms with Crippen LogP contribution in [0, 0.1) is 0 Å². The monoisotopic (exact) mass is 271 g/mol. The SMILES string of the molecule is C1=NC(NCCN2CCCC2)NC=C1c1ccccn1. The van der Waals surface area contributed by atoms with Gasteiger partial charge in [-0.1, -0.05) is 6.07 Å². The van der Waals surface area contributed by atoms with Crippen LogP contribution < -0.4 is 10.6 Å². The third-order valence-corrected chi connectivity index (χ3v) is 3.68. The minimum absolute atomic E-state index is 0.0231. The summed E-state index contributed by atoms with van der Waals surface area (Å²) in [4.78, 5) is 11.3. The van der Waals surface area contributed by atoms with E-state index in [4.69, 9.17) is 0 Å². The van der Waals surface area contributed by atoms with Gasteiger partial charge in [0, 0.05) is 37.3 Å². The second kappa shape index (κ2) is 6.63. The average molecular weight is 271 g/mol. The van der Waals surface area contributed by atoms with Crippen molar-refractivity contribution in [1.29, 1.82) is 0 Å². The lowest BCUT2D eigenvalue weighted by molar-refractivity contribution is 0.324. The van der Waals surface area contributed by atoms with Crippen LogP contribution in [0.4, 0.5) is 0 Å². The van der Waals surface area contributed by atoms with Gasteiger partial charge in [0.15, 0.2) is 6.29 Å². The molecule has 0 spiro atoms. The van der Waals surface area contributed by atoms with Gasteiger partial charge in [-0.05, 0) is 38.1 Å². The fourth-order valence-electron chi connectivity index (χ4n) is 2.55. The van der Waals surface area contributed by atoms with Crippen LogP contribution in [0.2, 0.25) is 0 Å². The summed E-state index contributed by atoms with van der Waals surface area (Å²) in [6, 6.07) is 5.89. The molecule has 3 heterocycles. The van der Waals surface area contributed by atoms with Crippen LogP contribution in [0.5, 0.6) is 0 Å². The third kappa shape index (κ3) is 3.43. The van der Waals surface area contributed by atoms with Crippen LogP contribution in [0.1, 0.15) is 18.5 Å². The molecule has 0 bridgehead atoms. The smallest absolute Gasteiger partial charge is 0.173 e. The van der Waals surface area contributed by atoms with Crippen LogP contribution in [0.25, 0.3) is 5.57 Å². The van der Waals surface area contributed by atoms with Gasteiger partial charge in [0.05, 0.1) is 5.69 Å². The van der Waals surface area contributed by atoms with E-state index < -0.39 is 0 Å². The summed E-state index contributed by atoms with van der Waals surface area (Å²) >= 11 is 0. The second-order valence-electron chi connectivity index (χ2n) is 5.16. The Morgan fingerprint density at radius 1 is 1.30 bits per heavy atom. The van der Waals surface area contributed by atoms with Crippen molar-refractivity contribution in [3.63, 3.8) is 0 Å². The molecule has 1 fully saturated rings. The zero-order valence-corrected chi connectivity index (χ0v) is 11.6. The van der Waals surface area contributed by atoms with Crippen molar-refractivity contribution in [2.24, 2.45) is 4.99 Å². The Morgan fingerprint density at radius 2 is 2.20 bits per heavy atom. The quantitative estimate of drug-likeness (QED) is 0.841. The van der Waals surface area contributed by atoms with E-state index >= 15 is 0 Å². The third-order valence-electron chi connectivity index (χ3n) is 3.68. The number of aromatic nitrogens is 1. The van der Waals surface area contributed by atoms with Gasteiger partial charge in [0.1, 0.15) is 0 Å². The maximum atomic E-state index is 4.48. The van der Waals surface area contributed by atoms with Gasteiger partial charge in [-0.15, -0.1) is 0 Å². The number of likely N-dealkylation sites (tertiary alicyclic amines) is 1. The lowest BCUT2D eigenvalue weighted by atomic mass is 10.2. The predicted molar refractivity (Wildman–Crippen MR) is 81.3 cm³/mol. The molecular weight excluding hydrogens is 250 g/mol. The Morgan fingerprint density at radius 3 is 2.90 bits per heavy atom. The molecule has 0 aromatic carbocycles. The van der Waals surface area contributed by atoms with Gasteiger partial charge in [0.2, 0.25) is 0 Å². The van der Waals surface area contributed by atoms with Crippen LogP contribution >= 0.6 is 0 Å². The molecule has 2 N–H and O–H groups in total. The van der Waals surface area contributed by atoms with Crippen LogP contribution in [0.15, 0.2) is 35.6 Å². The normalized spacial score (nSPS) is 22.6. The number of pyridine rings is 1. The largest absolute Gasteiger partial charge is 0.357 e. The van der Waals surface area contributed by atoms with Crippen molar-refractivity contribution in [2.45, 2.75) is 19.1 Å². The number of rotatable bonds is 5. The number of aliphatic imine (C=N–C) groups is 1. The first-order chi connectivity index (χ1) is 9.92. The van der Waals surface area contributed by atoms with Crippen LogP contribution in [-0.4, -0.2) is 48.6 Å². The van der Waals surface area contributed by atoms with E-state index in [9.17, 15) is 0 Å². The Kier molecular flexibility index (Phi) is 4.40. The number of nitrogens with zero attached hydrogens (tertiary/aromatic N) is 3. The van der Waals surface area contributed by atoms with Crippen molar-refractivity contribution >= 4 is 11.8 Å². The topological polar surface area (TPSA) is 52.6 Å². The molecule has 5 heteroatoms. The van der Waals surface area contributed by atoms with Gasteiger partial charge in [-0.2, -0.15) is 0 Å². The highest BCUT2D eigenvalue weighted by Crippen LogP contribution is 2.10. The molecular formula is C15H21N5. The highest BCUT2D eigenvalue weighted by atomic mass is 15.3. The molecule has 0 saturated carbocycles. The molecule has 0 radical (unpaired) electrons. The summed E-state index contributed by atoms with van der Waals surface area (Å²) < 4.78 is 0. The van der Waals surface area contributed by atoms with Crippen LogP contribution in [-0.2, 0) is 0 Å². The van der Waals surface area contributed by atoms with Gasteiger partial charge in [0.25, 0.3) is 0 Å². The number of hydrogen-bond donors (Lipinski definition) is 2. The Labute approximate surface area is 119 Å². The molecule has 5 nitrogen and oxygen atoms in total. The van der Waals surface area contributed by atoms with Gasteiger partial charge >= 0.3 is 0 Å². The Bertz CT molecular complexity index is 476. The average Bonchev–Trinajstić information content (AvgIpc) is 3.02. The number of nitrogens with one attached hydrogen (secondary N) is 2. The summed E-state index contributed by atoms with van der Waals surface area (Å²) in [6.45, 7) is 4.55. The molecule has 20 heavy (non-hydrogen) atoms. The number of allylic oxidation sites excluding steroid dienone is 1. The van der Waals surface area contributed by atoms with E-state index in [1.54, 1.807) is 6.20 Å².